The molecule has 0 radical (unpaired) electrons. The summed E-state index contributed by atoms with van der Waals surface area (Å²) in [5.74, 6) is 0.583. The molecule has 1 atom stereocenters. The molecule has 0 saturated carbocycles. The Labute approximate surface area is 135 Å². The molecule has 1 aliphatic heterocycles. The Morgan fingerprint density at radius 1 is 1.13 bits per heavy atom. The lowest BCUT2D eigenvalue weighted by Gasteiger charge is -2.18. The fourth-order valence-electron chi connectivity index (χ4n) is 2.53. The maximum Gasteiger partial charge on any atom is 0.250 e. The van der Waals surface area contributed by atoms with E-state index in [1.54, 1.807) is 0 Å². The molecule has 1 aliphatic rings. The molecule has 4 nitrogen and oxygen atoms in total. The van der Waals surface area contributed by atoms with Crippen LogP contribution in [-0.4, -0.2) is 30.3 Å². The van der Waals surface area contributed by atoms with E-state index < -0.39 is 6.10 Å². The highest BCUT2D eigenvalue weighted by atomic mass is 16.5. The van der Waals surface area contributed by atoms with E-state index in [1.165, 1.54) is 0 Å². The van der Waals surface area contributed by atoms with Gasteiger partial charge in [0.25, 0.3) is 5.91 Å². The molecule has 0 fully saturated rings. The minimum absolute atomic E-state index is 0.202. The van der Waals surface area contributed by atoms with Crippen molar-refractivity contribution < 1.29 is 14.6 Å². The molecule has 118 valence electrons. The fourth-order valence-corrected chi connectivity index (χ4v) is 2.53. The van der Waals surface area contributed by atoms with Crippen molar-refractivity contribution in [1.29, 1.82) is 0 Å². The molecule has 1 unspecified atom stereocenters. The number of benzene rings is 2. The fraction of sp³-hybridized carbons (Fsp3) is 0.211. The standard InChI is InChI=1S/C19H19NO3/c21-17(10-14-6-2-1-3-7-14)12-20-19(22)16-11-15-8-4-5-9-18(15)23-13-16/h1-9,11,17,21H,10,12-13H2,(H,20,22). The third-order valence-corrected chi connectivity index (χ3v) is 3.74. The second-order valence-corrected chi connectivity index (χ2v) is 5.55. The summed E-state index contributed by atoms with van der Waals surface area (Å²) in [6, 6.07) is 17.3. The SMILES string of the molecule is O=C(NCC(O)Cc1ccccc1)C1=Cc2ccccc2OC1. The molecule has 0 aliphatic carbocycles. The van der Waals surface area contributed by atoms with Gasteiger partial charge in [-0.05, 0) is 17.7 Å². The van der Waals surface area contributed by atoms with Crippen LogP contribution in [0.3, 0.4) is 0 Å². The number of carbonyl (C=O) groups is 1. The Kier molecular flexibility index (Phi) is 4.74. The van der Waals surface area contributed by atoms with Crippen LogP contribution in [0.1, 0.15) is 11.1 Å². The first-order chi connectivity index (χ1) is 11.2. The molecule has 0 aromatic heterocycles. The third-order valence-electron chi connectivity index (χ3n) is 3.74. The monoisotopic (exact) mass is 309 g/mol. The van der Waals surface area contributed by atoms with E-state index in [0.717, 1.165) is 16.9 Å². The molecule has 0 saturated heterocycles. The largest absolute Gasteiger partial charge is 0.488 e. The Balaban J connectivity index is 1.55. The number of rotatable bonds is 5. The van der Waals surface area contributed by atoms with Crippen molar-refractivity contribution in [3.05, 3.63) is 71.3 Å². The highest BCUT2D eigenvalue weighted by molar-refractivity contribution is 5.99. The molecular formula is C19H19NO3. The average molecular weight is 309 g/mol. The van der Waals surface area contributed by atoms with Crippen molar-refractivity contribution in [2.24, 2.45) is 0 Å². The molecule has 2 aromatic carbocycles. The topological polar surface area (TPSA) is 58.6 Å². The minimum atomic E-state index is -0.612. The zero-order valence-electron chi connectivity index (χ0n) is 12.7. The zero-order chi connectivity index (χ0) is 16.1. The van der Waals surface area contributed by atoms with Crippen LogP contribution in [0, 0.1) is 0 Å². The first-order valence-electron chi connectivity index (χ1n) is 7.65. The summed E-state index contributed by atoms with van der Waals surface area (Å²) >= 11 is 0. The Morgan fingerprint density at radius 3 is 2.70 bits per heavy atom. The van der Waals surface area contributed by atoms with Gasteiger partial charge in [-0.3, -0.25) is 4.79 Å². The van der Waals surface area contributed by atoms with Crippen molar-refractivity contribution >= 4 is 12.0 Å². The van der Waals surface area contributed by atoms with Crippen LogP contribution in [0.25, 0.3) is 6.08 Å². The predicted octanol–water partition coefficient (Wildman–Crippen LogP) is 2.18. The Morgan fingerprint density at radius 2 is 1.87 bits per heavy atom. The molecule has 0 spiro atoms. The van der Waals surface area contributed by atoms with Gasteiger partial charge >= 0.3 is 0 Å². The second-order valence-electron chi connectivity index (χ2n) is 5.55. The first-order valence-corrected chi connectivity index (χ1v) is 7.65. The number of amides is 1. The third kappa shape index (κ3) is 3.99. The minimum Gasteiger partial charge on any atom is -0.488 e. The number of carbonyl (C=O) groups excluding carboxylic acids is 1. The molecule has 1 heterocycles. The lowest BCUT2D eigenvalue weighted by molar-refractivity contribution is -0.118. The molecule has 4 heteroatoms. The number of hydrogen-bond donors (Lipinski definition) is 2. The molecule has 3 rings (SSSR count). The van der Waals surface area contributed by atoms with Gasteiger partial charge in [-0.1, -0.05) is 48.5 Å². The Bertz CT molecular complexity index is 710. The molecule has 0 bridgehead atoms. The normalized spacial score (nSPS) is 14.2. The van der Waals surface area contributed by atoms with E-state index in [-0.39, 0.29) is 19.1 Å². The van der Waals surface area contributed by atoms with Gasteiger partial charge in [0, 0.05) is 18.5 Å². The lowest BCUT2D eigenvalue weighted by Crippen LogP contribution is -2.35. The van der Waals surface area contributed by atoms with E-state index >= 15 is 0 Å². The van der Waals surface area contributed by atoms with Gasteiger partial charge in [-0.15, -0.1) is 0 Å². The van der Waals surface area contributed by atoms with Crippen LogP contribution >= 0.6 is 0 Å². The second kappa shape index (κ2) is 7.11. The number of para-hydroxylation sites is 1. The summed E-state index contributed by atoms with van der Waals surface area (Å²) in [6.07, 6.45) is 1.73. The van der Waals surface area contributed by atoms with Crippen LogP contribution in [0.5, 0.6) is 5.75 Å². The van der Waals surface area contributed by atoms with Crippen LogP contribution in [0.2, 0.25) is 0 Å². The van der Waals surface area contributed by atoms with E-state index in [1.807, 2.05) is 60.7 Å². The van der Waals surface area contributed by atoms with Crippen molar-refractivity contribution in [3.8, 4) is 5.75 Å². The number of aliphatic hydroxyl groups excluding tert-OH is 1. The molecular weight excluding hydrogens is 290 g/mol. The maximum atomic E-state index is 12.2. The number of aliphatic hydroxyl groups is 1. The van der Waals surface area contributed by atoms with Gasteiger partial charge in [0.15, 0.2) is 0 Å². The van der Waals surface area contributed by atoms with Gasteiger partial charge in [-0.2, -0.15) is 0 Å². The van der Waals surface area contributed by atoms with E-state index in [4.69, 9.17) is 4.74 Å². The summed E-state index contributed by atoms with van der Waals surface area (Å²) in [5, 5.41) is 12.8. The zero-order valence-corrected chi connectivity index (χ0v) is 12.7. The van der Waals surface area contributed by atoms with Crippen LogP contribution in [0.15, 0.2) is 60.2 Å². The van der Waals surface area contributed by atoms with E-state index in [9.17, 15) is 9.90 Å². The van der Waals surface area contributed by atoms with Crippen molar-refractivity contribution in [1.82, 2.24) is 5.32 Å². The summed E-state index contributed by atoms with van der Waals surface area (Å²) in [6.45, 7) is 0.463. The number of ether oxygens (including phenoxy) is 1. The van der Waals surface area contributed by atoms with E-state index in [2.05, 4.69) is 5.32 Å². The summed E-state index contributed by atoms with van der Waals surface area (Å²) < 4.78 is 5.57. The quantitative estimate of drug-likeness (QED) is 0.890. The molecule has 23 heavy (non-hydrogen) atoms. The van der Waals surface area contributed by atoms with Gasteiger partial charge in [-0.25, -0.2) is 0 Å². The van der Waals surface area contributed by atoms with Gasteiger partial charge in [0.05, 0.1) is 11.7 Å². The number of fused-ring (bicyclic) bond motifs is 1. The van der Waals surface area contributed by atoms with Gasteiger partial charge in [0.1, 0.15) is 12.4 Å². The number of nitrogens with one attached hydrogen (secondary N) is 1. The van der Waals surface area contributed by atoms with Crippen LogP contribution in [-0.2, 0) is 11.2 Å². The first kappa shape index (κ1) is 15.3. The van der Waals surface area contributed by atoms with Gasteiger partial charge in [0.2, 0.25) is 0 Å². The van der Waals surface area contributed by atoms with Crippen molar-refractivity contribution in [3.63, 3.8) is 0 Å². The lowest BCUT2D eigenvalue weighted by atomic mass is 10.1. The summed E-state index contributed by atoms with van der Waals surface area (Å²) in [7, 11) is 0. The number of hydrogen-bond acceptors (Lipinski definition) is 3. The molecule has 2 aromatic rings. The molecule has 1 amide bonds. The summed E-state index contributed by atoms with van der Waals surface area (Å²) in [5.41, 5.74) is 2.51. The highest BCUT2D eigenvalue weighted by Gasteiger charge is 2.17. The van der Waals surface area contributed by atoms with Gasteiger partial charge < -0.3 is 15.2 Å². The maximum absolute atomic E-state index is 12.2. The van der Waals surface area contributed by atoms with Crippen molar-refractivity contribution in [2.45, 2.75) is 12.5 Å². The average Bonchev–Trinajstić information content (AvgIpc) is 2.60. The smallest absolute Gasteiger partial charge is 0.250 e. The predicted molar refractivity (Wildman–Crippen MR) is 89.1 cm³/mol. The van der Waals surface area contributed by atoms with E-state index in [0.29, 0.717) is 12.0 Å². The van der Waals surface area contributed by atoms with Crippen LogP contribution < -0.4 is 10.1 Å². The molecule has 2 N–H and O–H groups in total. The van der Waals surface area contributed by atoms with Crippen LogP contribution in [0.4, 0.5) is 0 Å². The summed E-state index contributed by atoms with van der Waals surface area (Å²) in [4.78, 5) is 12.2. The van der Waals surface area contributed by atoms with Crippen molar-refractivity contribution in [2.75, 3.05) is 13.2 Å². The Hall–Kier alpha value is -2.59. The highest BCUT2D eigenvalue weighted by Crippen LogP contribution is 2.25.